The predicted octanol–water partition coefficient (Wildman–Crippen LogP) is 3.79. The van der Waals surface area contributed by atoms with E-state index in [2.05, 4.69) is 0 Å². The first kappa shape index (κ1) is 10.4. The minimum Gasteiger partial charge on any atom is -0.456 e. The van der Waals surface area contributed by atoms with Crippen LogP contribution in [-0.4, -0.2) is 0 Å². The summed E-state index contributed by atoms with van der Waals surface area (Å²) in [4.78, 5) is 11.9. The van der Waals surface area contributed by atoms with E-state index in [1.807, 2.05) is 18.2 Å². The summed E-state index contributed by atoms with van der Waals surface area (Å²) in [5.41, 5.74) is 1.54. The summed E-state index contributed by atoms with van der Waals surface area (Å²) < 4.78 is 5.71. The van der Waals surface area contributed by atoms with Crippen LogP contribution in [0.4, 0.5) is 0 Å². The van der Waals surface area contributed by atoms with Gasteiger partial charge in [0.05, 0.1) is 5.39 Å². The summed E-state index contributed by atoms with van der Waals surface area (Å²) in [6.45, 7) is 0. The number of hydrogen-bond donors (Lipinski definition) is 0. The Labute approximate surface area is 103 Å². The number of benzene rings is 1. The van der Waals surface area contributed by atoms with Crippen LogP contribution in [-0.2, 0) is 0 Å². The molecule has 3 heteroatoms. The van der Waals surface area contributed by atoms with Crippen molar-refractivity contribution in [3.63, 3.8) is 0 Å². The number of rotatable bonds is 1. The minimum absolute atomic E-state index is 0.0587. The van der Waals surface area contributed by atoms with Gasteiger partial charge in [-0.25, -0.2) is 0 Å². The van der Waals surface area contributed by atoms with E-state index >= 15 is 0 Å². The number of fused-ring (bicyclic) bond motifs is 1. The molecule has 0 atom stereocenters. The highest BCUT2D eigenvalue weighted by molar-refractivity contribution is 6.31. The number of allylic oxidation sites excluding steroid dienone is 4. The van der Waals surface area contributed by atoms with Crippen LogP contribution in [0.3, 0.4) is 0 Å². The Morgan fingerprint density at radius 3 is 2.88 bits per heavy atom. The monoisotopic (exact) mass is 244 g/mol. The van der Waals surface area contributed by atoms with Gasteiger partial charge in [-0.1, -0.05) is 29.8 Å². The van der Waals surface area contributed by atoms with Gasteiger partial charge in [-0.3, -0.25) is 4.79 Å². The van der Waals surface area contributed by atoms with Gasteiger partial charge >= 0.3 is 0 Å². The van der Waals surface area contributed by atoms with E-state index in [4.69, 9.17) is 16.0 Å². The lowest BCUT2D eigenvalue weighted by Crippen LogP contribution is -2.01. The molecular weight excluding hydrogens is 236 g/mol. The van der Waals surface area contributed by atoms with Gasteiger partial charge in [-0.05, 0) is 30.2 Å². The number of halogens is 1. The van der Waals surface area contributed by atoms with Crippen molar-refractivity contribution in [1.82, 2.24) is 0 Å². The second-order valence-electron chi connectivity index (χ2n) is 3.94. The lowest BCUT2D eigenvalue weighted by atomic mass is 10.1. The van der Waals surface area contributed by atoms with Gasteiger partial charge in [0.2, 0.25) is 0 Å². The van der Waals surface area contributed by atoms with Crippen molar-refractivity contribution in [3.05, 3.63) is 63.5 Å². The normalized spacial score (nSPS) is 14.3. The van der Waals surface area contributed by atoms with Gasteiger partial charge < -0.3 is 4.42 Å². The van der Waals surface area contributed by atoms with E-state index in [-0.39, 0.29) is 5.43 Å². The zero-order chi connectivity index (χ0) is 11.8. The van der Waals surface area contributed by atoms with Crippen molar-refractivity contribution in [3.8, 4) is 0 Å². The second kappa shape index (κ2) is 3.90. The zero-order valence-corrected chi connectivity index (χ0v) is 9.70. The second-order valence-corrected chi connectivity index (χ2v) is 4.38. The van der Waals surface area contributed by atoms with Crippen LogP contribution in [0.15, 0.2) is 51.7 Å². The SMILES string of the molecule is O=c1cc(C2=CC=CC2)oc2ccc(Cl)cc12. The van der Waals surface area contributed by atoms with E-state index in [1.165, 1.54) is 6.07 Å². The van der Waals surface area contributed by atoms with Crippen LogP contribution >= 0.6 is 11.6 Å². The first-order chi connectivity index (χ1) is 8.24. The molecule has 3 rings (SSSR count). The van der Waals surface area contributed by atoms with E-state index in [1.54, 1.807) is 18.2 Å². The van der Waals surface area contributed by atoms with E-state index < -0.39 is 0 Å². The molecule has 1 aromatic carbocycles. The van der Waals surface area contributed by atoms with Gasteiger partial charge in [0.25, 0.3) is 0 Å². The van der Waals surface area contributed by atoms with E-state index in [0.717, 1.165) is 12.0 Å². The van der Waals surface area contributed by atoms with Gasteiger partial charge in [-0.2, -0.15) is 0 Å². The Morgan fingerprint density at radius 1 is 1.24 bits per heavy atom. The summed E-state index contributed by atoms with van der Waals surface area (Å²) in [6.07, 6.45) is 6.75. The molecular formula is C14H9ClO2. The van der Waals surface area contributed by atoms with Gasteiger partial charge in [0.15, 0.2) is 5.43 Å². The summed E-state index contributed by atoms with van der Waals surface area (Å²) in [5.74, 6) is 0.634. The third kappa shape index (κ3) is 1.81. The molecule has 0 amide bonds. The molecule has 84 valence electrons. The Kier molecular flexibility index (Phi) is 2.37. The lowest BCUT2D eigenvalue weighted by Gasteiger charge is -2.03. The summed E-state index contributed by atoms with van der Waals surface area (Å²) in [7, 11) is 0. The average molecular weight is 245 g/mol. The van der Waals surface area contributed by atoms with Gasteiger partial charge in [0.1, 0.15) is 11.3 Å². The number of hydrogen-bond acceptors (Lipinski definition) is 2. The highest BCUT2D eigenvalue weighted by Gasteiger charge is 2.10. The maximum absolute atomic E-state index is 11.9. The molecule has 0 fully saturated rings. The molecule has 0 saturated heterocycles. The first-order valence-corrected chi connectivity index (χ1v) is 5.71. The molecule has 0 aliphatic heterocycles. The largest absolute Gasteiger partial charge is 0.456 e. The molecule has 0 radical (unpaired) electrons. The van der Waals surface area contributed by atoms with Crippen molar-refractivity contribution >= 4 is 28.1 Å². The van der Waals surface area contributed by atoms with Crippen LogP contribution in [0.25, 0.3) is 16.5 Å². The van der Waals surface area contributed by atoms with Crippen LogP contribution < -0.4 is 5.43 Å². The van der Waals surface area contributed by atoms with Gasteiger partial charge in [0, 0.05) is 11.1 Å². The van der Waals surface area contributed by atoms with E-state index in [0.29, 0.717) is 21.8 Å². The maximum atomic E-state index is 11.9. The minimum atomic E-state index is -0.0587. The Bertz CT molecular complexity index is 708. The molecule has 0 spiro atoms. The van der Waals surface area contributed by atoms with Crippen molar-refractivity contribution in [2.45, 2.75) is 6.42 Å². The first-order valence-electron chi connectivity index (χ1n) is 5.33. The van der Waals surface area contributed by atoms with Crippen LogP contribution in [0.1, 0.15) is 12.2 Å². The molecule has 17 heavy (non-hydrogen) atoms. The fourth-order valence-electron chi connectivity index (χ4n) is 1.92. The smallest absolute Gasteiger partial charge is 0.193 e. The molecule has 1 aliphatic rings. The Hall–Kier alpha value is -1.80. The molecule has 0 saturated carbocycles. The third-order valence-electron chi connectivity index (χ3n) is 2.78. The topological polar surface area (TPSA) is 30.2 Å². The average Bonchev–Trinajstić information content (AvgIpc) is 2.83. The molecule has 0 bridgehead atoms. The predicted molar refractivity (Wildman–Crippen MR) is 69.2 cm³/mol. The van der Waals surface area contributed by atoms with Crippen LogP contribution in [0, 0.1) is 0 Å². The summed E-state index contributed by atoms with van der Waals surface area (Å²) in [5, 5.41) is 1.06. The Balaban J connectivity index is 2.24. The molecule has 1 aliphatic carbocycles. The van der Waals surface area contributed by atoms with Crippen molar-refractivity contribution in [1.29, 1.82) is 0 Å². The quantitative estimate of drug-likeness (QED) is 0.764. The highest BCUT2D eigenvalue weighted by Crippen LogP contribution is 2.25. The van der Waals surface area contributed by atoms with Gasteiger partial charge in [-0.15, -0.1) is 0 Å². The van der Waals surface area contributed by atoms with Crippen molar-refractivity contribution in [2.75, 3.05) is 0 Å². The maximum Gasteiger partial charge on any atom is 0.193 e. The fourth-order valence-corrected chi connectivity index (χ4v) is 2.09. The fraction of sp³-hybridized carbons (Fsp3) is 0.0714. The molecule has 2 nitrogen and oxygen atoms in total. The molecule has 1 heterocycles. The van der Waals surface area contributed by atoms with Crippen LogP contribution in [0.5, 0.6) is 0 Å². The van der Waals surface area contributed by atoms with Crippen molar-refractivity contribution in [2.24, 2.45) is 0 Å². The molecule has 1 aromatic heterocycles. The third-order valence-corrected chi connectivity index (χ3v) is 3.01. The molecule has 0 N–H and O–H groups in total. The van der Waals surface area contributed by atoms with Crippen molar-refractivity contribution < 1.29 is 4.42 Å². The molecule has 2 aromatic rings. The standard InChI is InChI=1S/C14H9ClO2/c15-10-5-6-13-11(7-10)12(16)8-14(17-13)9-3-1-2-4-9/h1-3,5-8H,4H2. The Morgan fingerprint density at radius 2 is 2.12 bits per heavy atom. The highest BCUT2D eigenvalue weighted by atomic mass is 35.5. The molecule has 0 unspecified atom stereocenters. The van der Waals surface area contributed by atoms with Crippen LogP contribution in [0.2, 0.25) is 5.02 Å². The summed E-state index contributed by atoms with van der Waals surface area (Å²) in [6, 6.07) is 6.61. The zero-order valence-electron chi connectivity index (χ0n) is 8.94. The van der Waals surface area contributed by atoms with E-state index in [9.17, 15) is 4.79 Å². The lowest BCUT2D eigenvalue weighted by molar-refractivity contribution is 0.585. The summed E-state index contributed by atoms with van der Waals surface area (Å²) >= 11 is 5.86.